The number of rotatable bonds is 7. The highest BCUT2D eigenvalue weighted by atomic mass is 32.1. The molecule has 0 spiro atoms. The Morgan fingerprint density at radius 3 is 1.94 bits per heavy atom. The van der Waals surface area contributed by atoms with Crippen molar-refractivity contribution in [3.8, 4) is 22.3 Å². The van der Waals surface area contributed by atoms with Crippen LogP contribution in [0.15, 0.2) is 127 Å². The van der Waals surface area contributed by atoms with Crippen molar-refractivity contribution >= 4 is 77.7 Å². The van der Waals surface area contributed by atoms with Crippen LogP contribution in [0, 0.1) is 6.92 Å². The van der Waals surface area contributed by atoms with Crippen molar-refractivity contribution in [2.75, 3.05) is 9.71 Å². The van der Waals surface area contributed by atoms with Gasteiger partial charge in [0.1, 0.15) is 0 Å². The van der Waals surface area contributed by atoms with Crippen molar-refractivity contribution in [1.29, 1.82) is 0 Å². The van der Waals surface area contributed by atoms with Gasteiger partial charge >= 0.3 is 6.85 Å². The first-order valence-corrected chi connectivity index (χ1v) is 26.6. The summed E-state index contributed by atoms with van der Waals surface area (Å²) in [6, 6.07) is 50.6. The molecule has 0 fully saturated rings. The van der Waals surface area contributed by atoms with Crippen molar-refractivity contribution in [1.82, 2.24) is 0 Å². The van der Waals surface area contributed by atoms with E-state index < -0.39 is 0 Å². The summed E-state index contributed by atoms with van der Waals surface area (Å²) in [4.78, 5) is 5.52. The fourth-order valence-corrected chi connectivity index (χ4v) is 14.2. The quantitative estimate of drug-likeness (QED) is 0.116. The maximum Gasteiger partial charge on any atom is 0.333 e. The molecule has 2 nitrogen and oxygen atoms in total. The molecule has 0 radical (unpaired) electrons. The molecule has 4 aliphatic rings. The summed E-state index contributed by atoms with van der Waals surface area (Å²) < 4.78 is 2.71. The Morgan fingerprint density at radius 2 is 1.21 bits per heavy atom. The zero-order valence-corrected chi connectivity index (χ0v) is 43.0. The van der Waals surface area contributed by atoms with Crippen LogP contribution >= 0.6 is 11.3 Å². The molecule has 0 atom stereocenters. The Balaban J connectivity index is 1.22. The average Bonchev–Trinajstić information content (AvgIpc) is 3.71. The predicted molar refractivity (Wildman–Crippen MR) is 297 cm³/mol. The van der Waals surface area contributed by atoms with E-state index in [1.165, 1.54) is 160 Å². The molecule has 0 amide bonds. The van der Waals surface area contributed by atoms with Crippen LogP contribution in [0.25, 0.3) is 42.4 Å². The molecule has 2 aliphatic heterocycles. The molecule has 4 heteroatoms. The number of fused-ring (bicyclic) bond motifs is 10. The van der Waals surface area contributed by atoms with Crippen molar-refractivity contribution in [2.24, 2.45) is 0 Å². The highest BCUT2D eigenvalue weighted by molar-refractivity contribution is 7.26. The van der Waals surface area contributed by atoms with E-state index in [0.29, 0.717) is 0 Å². The van der Waals surface area contributed by atoms with Crippen molar-refractivity contribution in [3.63, 3.8) is 0 Å². The van der Waals surface area contributed by atoms with Crippen LogP contribution in [0.2, 0.25) is 0 Å². The van der Waals surface area contributed by atoms with E-state index in [4.69, 9.17) is 0 Å². The van der Waals surface area contributed by atoms with E-state index in [9.17, 15) is 0 Å². The van der Waals surface area contributed by atoms with Crippen LogP contribution in [-0.4, -0.2) is 6.85 Å². The predicted octanol–water partition coefficient (Wildman–Crippen LogP) is 17.2. The fraction of sp³-hybridized carbons (Fsp3) is 0.344. The van der Waals surface area contributed by atoms with E-state index in [1.807, 2.05) is 11.3 Å². The minimum absolute atomic E-state index is 0.0670. The molecule has 7 aromatic carbocycles. The normalized spacial score (nSPS) is 17.9. The van der Waals surface area contributed by atoms with E-state index in [-0.39, 0.29) is 28.5 Å². The number of benzene rings is 7. The Morgan fingerprint density at radius 1 is 0.544 bits per heavy atom. The van der Waals surface area contributed by atoms with Gasteiger partial charge in [-0.05, 0) is 177 Å². The molecule has 68 heavy (non-hydrogen) atoms. The summed E-state index contributed by atoms with van der Waals surface area (Å²) in [6.45, 7) is 24.4. The number of aryl methyl sites for hydroxylation is 2. The maximum absolute atomic E-state index is 2.79. The molecule has 2 aliphatic carbocycles. The van der Waals surface area contributed by atoms with Gasteiger partial charge in [0.15, 0.2) is 0 Å². The summed E-state index contributed by atoms with van der Waals surface area (Å²) in [7, 11) is 0. The molecule has 3 heterocycles. The van der Waals surface area contributed by atoms with Gasteiger partial charge in [-0.15, -0.1) is 11.3 Å². The molecular formula is C64H67BN2S. The lowest BCUT2D eigenvalue weighted by Crippen LogP contribution is -2.61. The molecule has 0 unspecified atom stereocenters. The second-order valence-corrected chi connectivity index (χ2v) is 24.7. The van der Waals surface area contributed by atoms with Crippen LogP contribution in [0.5, 0.6) is 0 Å². The zero-order valence-electron chi connectivity index (χ0n) is 42.2. The van der Waals surface area contributed by atoms with Gasteiger partial charge in [0.2, 0.25) is 0 Å². The summed E-state index contributed by atoms with van der Waals surface area (Å²) in [5.41, 5.74) is 23.8. The molecule has 12 rings (SSSR count). The minimum Gasteiger partial charge on any atom is -0.376 e. The van der Waals surface area contributed by atoms with Gasteiger partial charge in [0.25, 0.3) is 0 Å². The highest BCUT2D eigenvalue weighted by Gasteiger charge is 2.48. The summed E-state index contributed by atoms with van der Waals surface area (Å²) in [6.07, 6.45) is 9.44. The maximum atomic E-state index is 2.79. The third-order valence-corrected chi connectivity index (χ3v) is 18.4. The topological polar surface area (TPSA) is 6.48 Å². The largest absolute Gasteiger partial charge is 0.376 e. The third kappa shape index (κ3) is 6.63. The van der Waals surface area contributed by atoms with Crippen molar-refractivity contribution < 1.29 is 0 Å². The van der Waals surface area contributed by atoms with E-state index in [1.54, 1.807) is 0 Å². The Kier molecular flexibility index (Phi) is 9.94. The zero-order chi connectivity index (χ0) is 47.1. The lowest BCUT2D eigenvalue weighted by molar-refractivity contribution is 0.332. The minimum atomic E-state index is -0.0690. The Bertz CT molecular complexity index is 3350. The summed E-state index contributed by atoms with van der Waals surface area (Å²) in [5, 5.41) is 2.75. The molecule has 0 N–H and O–H groups in total. The van der Waals surface area contributed by atoms with Crippen molar-refractivity contribution in [2.45, 2.75) is 142 Å². The average molecular weight is 907 g/mol. The van der Waals surface area contributed by atoms with Gasteiger partial charge in [0, 0.05) is 54.2 Å². The second kappa shape index (κ2) is 15.5. The highest BCUT2D eigenvalue weighted by Crippen LogP contribution is 2.55. The third-order valence-electron chi connectivity index (χ3n) is 17.3. The molecule has 0 saturated heterocycles. The number of anilines is 5. The summed E-state index contributed by atoms with van der Waals surface area (Å²) in [5.74, 6) is 0. The van der Waals surface area contributed by atoms with Crippen molar-refractivity contribution in [3.05, 3.63) is 161 Å². The first kappa shape index (κ1) is 43.7. The molecule has 0 saturated carbocycles. The molecule has 8 aromatic rings. The number of unbranched alkanes of at least 4 members (excludes halogenated alkanes) is 2. The van der Waals surface area contributed by atoms with Crippen LogP contribution in [0.1, 0.15) is 141 Å². The lowest BCUT2D eigenvalue weighted by Gasteiger charge is -2.48. The van der Waals surface area contributed by atoms with E-state index >= 15 is 0 Å². The van der Waals surface area contributed by atoms with Gasteiger partial charge in [-0.3, -0.25) is 0 Å². The lowest BCUT2D eigenvalue weighted by atomic mass is 9.43. The van der Waals surface area contributed by atoms with Crippen LogP contribution in [0.4, 0.5) is 28.4 Å². The van der Waals surface area contributed by atoms with Crippen LogP contribution in [0.3, 0.4) is 0 Å². The van der Waals surface area contributed by atoms with Gasteiger partial charge in [-0.1, -0.05) is 154 Å². The molecule has 1 aromatic heterocycles. The van der Waals surface area contributed by atoms with E-state index in [2.05, 4.69) is 206 Å². The first-order chi connectivity index (χ1) is 32.6. The van der Waals surface area contributed by atoms with Crippen LogP contribution in [-0.2, 0) is 28.1 Å². The van der Waals surface area contributed by atoms with Crippen LogP contribution < -0.4 is 20.6 Å². The molecule has 342 valence electrons. The van der Waals surface area contributed by atoms with Gasteiger partial charge in [0.05, 0.1) is 0 Å². The SMILES string of the molecule is CCCCCc1cc2c3c(c1)N(c1cc4c(cc1C)C(C)(C)CCC4(C)C)c1ccc(-c4ccccc4)cc1B3N(c1ccc3c(c1)C(C)(C)CCC3(C)C)c1ccc3sc4ccccc4c3c1-2. The summed E-state index contributed by atoms with van der Waals surface area (Å²) >= 11 is 1.94. The van der Waals surface area contributed by atoms with Gasteiger partial charge in [-0.25, -0.2) is 0 Å². The Labute approximate surface area is 410 Å². The monoisotopic (exact) mass is 907 g/mol. The number of nitrogens with zero attached hydrogens (tertiary/aromatic N) is 2. The fourth-order valence-electron chi connectivity index (χ4n) is 13.1. The van der Waals surface area contributed by atoms with Gasteiger partial charge in [-0.2, -0.15) is 0 Å². The standard InChI is InChI=1S/C64H67BN2S/c1-11-12-14-19-41-35-46-58-53(28-29-57-59(58)45-22-17-18-23-56(45)68-57)67(44-25-26-47-49(38-44)63(7,8)31-30-61(47,3)4)65-51-37-43(42-20-15-13-16-21-42)24-27-52(51)66(55(36-41)60(46)65)54-39-50-48(34-40(54)2)62(5,6)32-33-64(50,9)10/h13,15-18,20-29,34-39H,11-12,14,19,30-33H2,1-10H3. The molecular weight excluding hydrogens is 840 g/mol. The molecule has 0 bridgehead atoms. The first-order valence-electron chi connectivity index (χ1n) is 25.8. The number of thiophene rings is 1. The number of hydrogen-bond acceptors (Lipinski definition) is 3. The van der Waals surface area contributed by atoms with E-state index in [0.717, 1.165) is 6.42 Å². The number of hydrogen-bond donors (Lipinski definition) is 0. The Hall–Kier alpha value is -5.58. The second-order valence-electron chi connectivity index (χ2n) is 23.7. The smallest absolute Gasteiger partial charge is 0.333 e. The van der Waals surface area contributed by atoms with Gasteiger partial charge < -0.3 is 9.71 Å².